The molecule has 1 aliphatic rings. The summed E-state index contributed by atoms with van der Waals surface area (Å²) in [5.74, 6) is -0.596. The van der Waals surface area contributed by atoms with E-state index in [0.717, 1.165) is 0 Å². The zero-order valence-electron chi connectivity index (χ0n) is 14.6. The van der Waals surface area contributed by atoms with Crippen molar-refractivity contribution >= 4 is 53.9 Å². The van der Waals surface area contributed by atoms with Gasteiger partial charge in [-0.1, -0.05) is 5.16 Å². The lowest BCUT2D eigenvalue weighted by Crippen LogP contribution is -2.18. The fourth-order valence-electron chi connectivity index (χ4n) is 2.17. The third-order valence-electron chi connectivity index (χ3n) is 3.74. The van der Waals surface area contributed by atoms with Crippen LogP contribution in [-0.2, 0) is 20.6 Å². The molecule has 3 N–H and O–H groups in total. The summed E-state index contributed by atoms with van der Waals surface area (Å²) >= 11 is 3.05. The van der Waals surface area contributed by atoms with Gasteiger partial charge in [0.2, 0.25) is 11.7 Å². The molecular weight excluding hydrogens is 495 g/mol. The number of halogens is 2. The maximum atomic E-state index is 13.3. The molecule has 15 heteroatoms. The van der Waals surface area contributed by atoms with Gasteiger partial charge in [0.15, 0.2) is 5.69 Å². The fraction of sp³-hybridized carbons (Fsp3) is 0.357. The number of sulfonamides is 1. The number of rotatable bonds is 8. The first-order valence-corrected chi connectivity index (χ1v) is 11.9. The van der Waals surface area contributed by atoms with Crippen LogP contribution in [0, 0.1) is 5.82 Å². The Kier molecular flexibility index (Phi) is 6.69. The molecule has 0 bridgehead atoms. The normalized spacial score (nSPS) is 16.0. The van der Waals surface area contributed by atoms with Crippen molar-refractivity contribution in [1.82, 2.24) is 10.3 Å². The molecule has 1 unspecified atom stereocenters. The molecule has 158 valence electrons. The van der Waals surface area contributed by atoms with E-state index in [1.165, 1.54) is 18.2 Å². The number of oxime groups is 1. The van der Waals surface area contributed by atoms with Crippen LogP contribution < -0.4 is 10.6 Å². The Balaban J connectivity index is 1.64. The van der Waals surface area contributed by atoms with Gasteiger partial charge in [0.05, 0.1) is 20.3 Å². The number of hydrogen-bond donors (Lipinski definition) is 4. The molecule has 0 aliphatic heterocycles. The fourth-order valence-corrected chi connectivity index (χ4v) is 5.46. The Labute approximate surface area is 175 Å². The summed E-state index contributed by atoms with van der Waals surface area (Å²) in [5.41, 5.74) is 0.401. The first-order chi connectivity index (χ1) is 13.8. The molecule has 0 amide bonds. The number of amidine groups is 1. The molecule has 0 spiro atoms. The van der Waals surface area contributed by atoms with Crippen molar-refractivity contribution in [3.63, 3.8) is 0 Å². The van der Waals surface area contributed by atoms with Crippen molar-refractivity contribution in [2.24, 2.45) is 8.92 Å². The Morgan fingerprint density at radius 1 is 1.41 bits per heavy atom. The molecule has 0 saturated heterocycles. The van der Waals surface area contributed by atoms with Crippen LogP contribution in [0.4, 0.5) is 15.9 Å². The van der Waals surface area contributed by atoms with Crippen molar-refractivity contribution in [2.45, 2.75) is 18.1 Å². The van der Waals surface area contributed by atoms with E-state index in [0.29, 0.717) is 18.5 Å². The molecule has 29 heavy (non-hydrogen) atoms. The first kappa shape index (κ1) is 21.4. The topological polar surface area (TPSA) is 159 Å². The number of nitrogens with one attached hydrogen (secondary N) is 2. The molecule has 3 rings (SSSR count). The third-order valence-corrected chi connectivity index (χ3v) is 7.91. The SMILES string of the molecule is O=[SH](/CCNc1nonc1/C(=N/O)Nc1ccc(F)c(Br)c1)=N\S(=O)(=O)C1CC1. The minimum Gasteiger partial charge on any atom is -0.409 e. The second-order valence-corrected chi connectivity index (χ2v) is 10.3. The predicted molar refractivity (Wildman–Crippen MR) is 108 cm³/mol. The van der Waals surface area contributed by atoms with Crippen molar-refractivity contribution < 1.29 is 26.9 Å². The van der Waals surface area contributed by atoms with Gasteiger partial charge in [0.1, 0.15) is 5.82 Å². The van der Waals surface area contributed by atoms with E-state index in [9.17, 15) is 22.2 Å². The van der Waals surface area contributed by atoms with E-state index >= 15 is 0 Å². The highest BCUT2D eigenvalue weighted by molar-refractivity contribution is 9.10. The monoisotopic (exact) mass is 510 g/mol. The standard InChI is InChI=1S/C14H16BrFN6O5S2/c15-10-7-8(1-4-11(10)16)18-14(19-23)12-13(21-27-20-12)17-5-6-28(24)22-29(25,26)9-2-3-9/h1,4,7,9,23,28H,2-3,5-6H2,(H,17,21)(H,18,19). The molecule has 1 atom stereocenters. The summed E-state index contributed by atoms with van der Waals surface area (Å²) < 4.78 is 56.9. The Bertz CT molecular complexity index is 1110. The maximum absolute atomic E-state index is 13.3. The van der Waals surface area contributed by atoms with E-state index in [1.807, 2.05) is 0 Å². The summed E-state index contributed by atoms with van der Waals surface area (Å²) in [7, 11) is -5.97. The molecule has 1 fully saturated rings. The average Bonchev–Trinajstić information content (AvgIpc) is 3.43. The lowest BCUT2D eigenvalue weighted by Gasteiger charge is -2.08. The van der Waals surface area contributed by atoms with Crippen LogP contribution in [0.1, 0.15) is 18.5 Å². The molecule has 1 aromatic heterocycles. The smallest absolute Gasteiger partial charge is 0.263 e. The van der Waals surface area contributed by atoms with Gasteiger partial charge >= 0.3 is 0 Å². The van der Waals surface area contributed by atoms with Crippen LogP contribution >= 0.6 is 15.9 Å². The van der Waals surface area contributed by atoms with Crippen molar-refractivity contribution in [3.8, 4) is 0 Å². The Morgan fingerprint density at radius 3 is 2.83 bits per heavy atom. The van der Waals surface area contributed by atoms with Gasteiger partial charge in [0.25, 0.3) is 10.0 Å². The van der Waals surface area contributed by atoms with E-state index in [-0.39, 0.29) is 34.1 Å². The lowest BCUT2D eigenvalue weighted by atomic mass is 10.3. The third kappa shape index (κ3) is 5.63. The number of aromatic nitrogens is 2. The van der Waals surface area contributed by atoms with E-state index < -0.39 is 31.7 Å². The zero-order valence-corrected chi connectivity index (χ0v) is 17.9. The number of anilines is 2. The Morgan fingerprint density at radius 2 is 2.17 bits per heavy atom. The molecular formula is C14H16BrFN6O5S2. The van der Waals surface area contributed by atoms with Gasteiger partial charge < -0.3 is 15.8 Å². The predicted octanol–water partition coefficient (Wildman–Crippen LogP) is 1.79. The summed E-state index contributed by atoms with van der Waals surface area (Å²) in [5, 5.41) is 24.6. The van der Waals surface area contributed by atoms with Crippen LogP contribution in [0.25, 0.3) is 0 Å². The lowest BCUT2D eigenvalue weighted by molar-refractivity contribution is 0.305. The van der Waals surface area contributed by atoms with Gasteiger partial charge in [-0.25, -0.2) is 17.4 Å². The summed E-state index contributed by atoms with van der Waals surface area (Å²) in [6.45, 7) is 0.0565. The second-order valence-electron chi connectivity index (χ2n) is 5.96. The van der Waals surface area contributed by atoms with Crippen molar-refractivity contribution in [3.05, 3.63) is 34.2 Å². The zero-order chi connectivity index (χ0) is 21.0. The van der Waals surface area contributed by atoms with Crippen LogP contribution in [0.15, 0.2) is 36.2 Å². The van der Waals surface area contributed by atoms with Gasteiger partial charge in [-0.2, -0.15) is 0 Å². The molecule has 11 nitrogen and oxygen atoms in total. The molecule has 2 aromatic rings. The number of benzene rings is 1. The van der Waals surface area contributed by atoms with Crippen LogP contribution in [0.2, 0.25) is 0 Å². The van der Waals surface area contributed by atoms with Crippen LogP contribution in [0.3, 0.4) is 0 Å². The van der Waals surface area contributed by atoms with Crippen molar-refractivity contribution in [1.29, 1.82) is 0 Å². The first-order valence-electron chi connectivity index (χ1n) is 8.22. The largest absolute Gasteiger partial charge is 0.409 e. The minimum atomic E-state index is -3.66. The van der Waals surface area contributed by atoms with Crippen molar-refractivity contribution in [2.75, 3.05) is 22.9 Å². The van der Waals surface area contributed by atoms with Crippen LogP contribution in [0.5, 0.6) is 0 Å². The summed E-state index contributed by atoms with van der Waals surface area (Å²) in [6, 6.07) is 4.04. The molecule has 0 radical (unpaired) electrons. The maximum Gasteiger partial charge on any atom is 0.263 e. The summed E-state index contributed by atoms with van der Waals surface area (Å²) in [4.78, 5) is 0. The quantitative estimate of drug-likeness (QED) is 0.136. The molecule has 1 heterocycles. The number of nitrogens with zero attached hydrogens (tertiary/aromatic N) is 4. The number of hydrogen-bond acceptors (Lipinski definition) is 9. The highest BCUT2D eigenvalue weighted by atomic mass is 79.9. The molecule has 1 saturated carbocycles. The highest BCUT2D eigenvalue weighted by Gasteiger charge is 2.35. The van der Waals surface area contributed by atoms with Gasteiger partial charge in [-0.15, -0.1) is 3.77 Å². The summed E-state index contributed by atoms with van der Waals surface area (Å²) in [6.07, 6.45) is 1.09. The van der Waals surface area contributed by atoms with Gasteiger partial charge in [-0.05, 0) is 57.3 Å². The van der Waals surface area contributed by atoms with Gasteiger partial charge in [0, 0.05) is 18.0 Å². The van der Waals surface area contributed by atoms with E-state index in [1.54, 1.807) is 0 Å². The molecule has 1 aliphatic carbocycles. The number of thiol groups is 1. The minimum absolute atomic E-state index is 0.00529. The van der Waals surface area contributed by atoms with E-state index in [2.05, 4.69) is 50.4 Å². The Hall–Kier alpha value is -2.26. The molecule has 1 aromatic carbocycles. The van der Waals surface area contributed by atoms with E-state index in [4.69, 9.17) is 0 Å². The average molecular weight is 511 g/mol. The highest BCUT2D eigenvalue weighted by Crippen LogP contribution is 2.29. The van der Waals surface area contributed by atoms with Crippen LogP contribution in [-0.4, -0.2) is 51.5 Å². The second kappa shape index (κ2) is 9.04. The van der Waals surface area contributed by atoms with Gasteiger partial charge in [-0.3, -0.25) is 4.21 Å².